The van der Waals surface area contributed by atoms with Gasteiger partial charge in [-0.1, -0.05) is 5.16 Å². The maximum Gasteiger partial charge on any atom is 0.161 e. The number of nitrogens with zero attached hydrogens (tertiary/aromatic N) is 1. The number of hydrogen-bond acceptors (Lipinski definition) is 5. The summed E-state index contributed by atoms with van der Waals surface area (Å²) in [5.74, 6) is 1.17. The second-order valence-corrected chi connectivity index (χ2v) is 4.04. The summed E-state index contributed by atoms with van der Waals surface area (Å²) in [6, 6.07) is 5.28. The van der Waals surface area contributed by atoms with Crippen LogP contribution < -0.4 is 9.47 Å². The van der Waals surface area contributed by atoms with Crippen LogP contribution in [0.2, 0.25) is 0 Å². The van der Waals surface area contributed by atoms with Gasteiger partial charge >= 0.3 is 0 Å². The molecule has 1 unspecified atom stereocenters. The van der Waals surface area contributed by atoms with Crippen LogP contribution >= 0.6 is 0 Å². The normalized spacial score (nSPS) is 13.2. The van der Waals surface area contributed by atoms with Crippen LogP contribution in [-0.2, 0) is 0 Å². The Morgan fingerprint density at radius 1 is 1.39 bits per heavy atom. The summed E-state index contributed by atoms with van der Waals surface area (Å²) < 4.78 is 10.7. The van der Waals surface area contributed by atoms with Gasteiger partial charge in [-0.3, -0.25) is 0 Å². The average molecular weight is 253 g/mol. The molecule has 0 saturated carbocycles. The molecule has 2 N–H and O–H groups in total. The first-order valence-corrected chi connectivity index (χ1v) is 5.76. The molecule has 0 aromatic heterocycles. The van der Waals surface area contributed by atoms with E-state index in [1.807, 2.05) is 0 Å². The molecule has 5 heteroatoms. The summed E-state index contributed by atoms with van der Waals surface area (Å²) in [5.41, 5.74) is 1.26. The van der Waals surface area contributed by atoms with Crippen molar-refractivity contribution in [2.24, 2.45) is 5.16 Å². The molecule has 0 heterocycles. The highest BCUT2D eigenvalue weighted by Crippen LogP contribution is 2.28. The molecule has 0 aliphatic carbocycles. The molecule has 0 spiro atoms. The van der Waals surface area contributed by atoms with E-state index in [0.717, 1.165) is 5.56 Å². The number of methoxy groups -OCH3 is 1. The third-order valence-electron chi connectivity index (χ3n) is 2.52. The smallest absolute Gasteiger partial charge is 0.161 e. The first kappa shape index (κ1) is 14.3. The monoisotopic (exact) mass is 253 g/mol. The van der Waals surface area contributed by atoms with Crippen molar-refractivity contribution in [3.05, 3.63) is 23.8 Å². The van der Waals surface area contributed by atoms with Gasteiger partial charge in [0.1, 0.15) is 0 Å². The molecular formula is C13H19NO4. The molecule has 0 aliphatic heterocycles. The molecule has 0 aliphatic rings. The van der Waals surface area contributed by atoms with Gasteiger partial charge in [0.2, 0.25) is 0 Å². The maximum absolute atomic E-state index is 9.15. The lowest BCUT2D eigenvalue weighted by Gasteiger charge is -2.12. The highest BCUT2D eigenvalue weighted by Gasteiger charge is 2.08. The molecule has 0 fully saturated rings. The van der Waals surface area contributed by atoms with Crippen molar-refractivity contribution in [2.75, 3.05) is 13.7 Å². The molecule has 0 bridgehead atoms. The van der Waals surface area contributed by atoms with Crippen LogP contribution in [0, 0.1) is 0 Å². The van der Waals surface area contributed by atoms with Crippen molar-refractivity contribution >= 4 is 5.71 Å². The third kappa shape index (κ3) is 3.92. The van der Waals surface area contributed by atoms with Crippen molar-refractivity contribution in [1.82, 2.24) is 0 Å². The van der Waals surface area contributed by atoms with Crippen LogP contribution in [0.5, 0.6) is 11.5 Å². The Labute approximate surface area is 107 Å². The summed E-state index contributed by atoms with van der Waals surface area (Å²) in [5, 5.41) is 21.0. The Morgan fingerprint density at radius 3 is 2.67 bits per heavy atom. The van der Waals surface area contributed by atoms with Gasteiger partial charge < -0.3 is 19.8 Å². The Hall–Kier alpha value is -1.75. The van der Waals surface area contributed by atoms with Crippen molar-refractivity contribution in [1.29, 1.82) is 0 Å². The van der Waals surface area contributed by atoms with E-state index in [9.17, 15) is 0 Å². The number of aliphatic hydroxyl groups excluding tert-OH is 1. The van der Waals surface area contributed by atoms with Crippen LogP contribution in [0.25, 0.3) is 0 Å². The van der Waals surface area contributed by atoms with E-state index in [1.165, 1.54) is 0 Å². The van der Waals surface area contributed by atoms with Crippen LogP contribution in [-0.4, -0.2) is 35.8 Å². The molecule has 1 atom stereocenters. The number of hydrogen-bond donors (Lipinski definition) is 2. The van der Waals surface area contributed by atoms with Crippen molar-refractivity contribution in [2.45, 2.75) is 26.4 Å². The molecule has 0 radical (unpaired) electrons. The predicted octanol–water partition coefficient (Wildman–Crippen LogP) is 2.04. The first-order valence-electron chi connectivity index (χ1n) is 5.76. The number of oxime groups is 1. The average Bonchev–Trinajstić information content (AvgIpc) is 2.37. The minimum Gasteiger partial charge on any atom is -0.493 e. The third-order valence-corrected chi connectivity index (χ3v) is 2.52. The van der Waals surface area contributed by atoms with Gasteiger partial charge in [0, 0.05) is 12.0 Å². The first-order chi connectivity index (χ1) is 8.58. The van der Waals surface area contributed by atoms with Crippen molar-refractivity contribution in [3.63, 3.8) is 0 Å². The van der Waals surface area contributed by atoms with E-state index in [2.05, 4.69) is 5.16 Å². The summed E-state index contributed by atoms with van der Waals surface area (Å²) in [6.45, 7) is 3.83. The zero-order chi connectivity index (χ0) is 13.5. The quantitative estimate of drug-likeness (QED) is 0.462. The molecule has 1 rings (SSSR count). The van der Waals surface area contributed by atoms with E-state index >= 15 is 0 Å². The zero-order valence-corrected chi connectivity index (χ0v) is 10.9. The number of benzene rings is 1. The molecule has 0 saturated heterocycles. The lowest BCUT2D eigenvalue weighted by Crippen LogP contribution is -2.08. The SMILES string of the molecule is COc1cc(/C(C)=N/O)ccc1OCCC(C)O. The highest BCUT2D eigenvalue weighted by molar-refractivity contribution is 5.98. The standard InChI is InChI=1S/C13H19NO4/c1-9(15)6-7-18-12-5-4-11(10(2)14-16)8-13(12)17-3/h4-5,8-9,15-16H,6-7H2,1-3H3/b14-10+. The van der Waals surface area contributed by atoms with E-state index in [0.29, 0.717) is 30.2 Å². The summed E-state index contributed by atoms with van der Waals surface area (Å²) in [7, 11) is 1.55. The summed E-state index contributed by atoms with van der Waals surface area (Å²) in [4.78, 5) is 0. The molecule has 1 aromatic carbocycles. The Balaban J connectivity index is 2.80. The molecule has 0 amide bonds. The zero-order valence-electron chi connectivity index (χ0n) is 10.9. The van der Waals surface area contributed by atoms with Gasteiger partial charge in [-0.2, -0.15) is 0 Å². The molecule has 1 aromatic rings. The minimum absolute atomic E-state index is 0.390. The lowest BCUT2D eigenvalue weighted by molar-refractivity contribution is 0.154. The predicted molar refractivity (Wildman–Crippen MR) is 68.8 cm³/mol. The van der Waals surface area contributed by atoms with Gasteiger partial charge in [0.25, 0.3) is 0 Å². The second kappa shape index (κ2) is 6.86. The Bertz CT molecular complexity index is 415. The fourth-order valence-electron chi connectivity index (χ4n) is 1.41. The van der Waals surface area contributed by atoms with E-state index < -0.39 is 0 Å². The van der Waals surface area contributed by atoms with Gasteiger partial charge in [0.15, 0.2) is 11.5 Å². The second-order valence-electron chi connectivity index (χ2n) is 4.04. The number of ether oxygens (including phenoxy) is 2. The van der Waals surface area contributed by atoms with Gasteiger partial charge in [-0.25, -0.2) is 0 Å². The van der Waals surface area contributed by atoms with Crippen molar-refractivity contribution < 1.29 is 19.8 Å². The number of aliphatic hydroxyl groups is 1. The highest BCUT2D eigenvalue weighted by atomic mass is 16.5. The van der Waals surface area contributed by atoms with Gasteiger partial charge in [-0.05, 0) is 32.0 Å². The van der Waals surface area contributed by atoms with Crippen LogP contribution in [0.4, 0.5) is 0 Å². The van der Waals surface area contributed by atoms with Crippen LogP contribution in [0.3, 0.4) is 0 Å². The Morgan fingerprint density at radius 2 is 2.11 bits per heavy atom. The van der Waals surface area contributed by atoms with Crippen molar-refractivity contribution in [3.8, 4) is 11.5 Å². The van der Waals surface area contributed by atoms with E-state index in [-0.39, 0.29) is 6.10 Å². The molecular weight excluding hydrogens is 234 g/mol. The molecule has 18 heavy (non-hydrogen) atoms. The maximum atomic E-state index is 9.15. The summed E-state index contributed by atoms with van der Waals surface area (Å²) >= 11 is 0. The van der Waals surface area contributed by atoms with E-state index in [1.54, 1.807) is 39.2 Å². The number of rotatable bonds is 6. The molecule has 5 nitrogen and oxygen atoms in total. The minimum atomic E-state index is -0.390. The fraction of sp³-hybridized carbons (Fsp3) is 0.462. The van der Waals surface area contributed by atoms with E-state index in [4.69, 9.17) is 19.8 Å². The van der Waals surface area contributed by atoms with Gasteiger partial charge in [0.05, 0.1) is 25.5 Å². The topological polar surface area (TPSA) is 71.3 Å². The summed E-state index contributed by atoms with van der Waals surface area (Å²) in [6.07, 6.45) is 0.168. The van der Waals surface area contributed by atoms with Gasteiger partial charge in [-0.15, -0.1) is 0 Å². The van der Waals surface area contributed by atoms with Crippen LogP contribution in [0.1, 0.15) is 25.8 Å². The van der Waals surface area contributed by atoms with Crippen LogP contribution in [0.15, 0.2) is 23.4 Å². The molecule has 100 valence electrons. The fourth-order valence-corrected chi connectivity index (χ4v) is 1.41. The Kier molecular flexibility index (Phi) is 5.45. The largest absolute Gasteiger partial charge is 0.493 e. The lowest BCUT2D eigenvalue weighted by atomic mass is 10.1.